The Morgan fingerprint density at radius 2 is 2.18 bits per heavy atom. The van der Waals surface area contributed by atoms with E-state index in [1.54, 1.807) is 7.11 Å². The van der Waals surface area contributed by atoms with Crippen molar-refractivity contribution in [3.8, 4) is 11.5 Å². The molecule has 0 fully saturated rings. The van der Waals surface area contributed by atoms with Gasteiger partial charge in [0.1, 0.15) is 6.61 Å². The van der Waals surface area contributed by atoms with Crippen LogP contribution in [0.15, 0.2) is 24.3 Å². The molecule has 1 aromatic rings. The molecule has 0 bridgehead atoms. The van der Waals surface area contributed by atoms with Crippen molar-refractivity contribution < 1.29 is 9.47 Å². The lowest BCUT2D eigenvalue weighted by Crippen LogP contribution is -2.06. The van der Waals surface area contributed by atoms with Gasteiger partial charge in [0.15, 0.2) is 11.5 Å². The van der Waals surface area contributed by atoms with Gasteiger partial charge in [-0.05, 0) is 31.7 Å². The van der Waals surface area contributed by atoms with Crippen molar-refractivity contribution in [2.75, 3.05) is 20.8 Å². The maximum atomic E-state index is 6.17. The van der Waals surface area contributed by atoms with Gasteiger partial charge in [0, 0.05) is 6.54 Å². The number of methoxy groups -OCH3 is 1. The molecule has 0 aliphatic carbocycles. The molecule has 1 N–H and O–H groups in total. The van der Waals surface area contributed by atoms with Crippen molar-refractivity contribution in [2.24, 2.45) is 0 Å². The number of hydrogen-bond donors (Lipinski definition) is 1. The highest BCUT2D eigenvalue weighted by molar-refractivity contribution is 6.32. The average Bonchev–Trinajstić information content (AvgIpc) is 2.32. The van der Waals surface area contributed by atoms with Gasteiger partial charge in [-0.3, -0.25) is 0 Å². The van der Waals surface area contributed by atoms with E-state index in [2.05, 4.69) is 5.32 Å². The minimum absolute atomic E-state index is 0.484. The van der Waals surface area contributed by atoms with E-state index in [1.165, 1.54) is 0 Å². The molecule has 4 heteroatoms. The maximum Gasteiger partial charge on any atom is 0.180 e. The molecule has 94 valence electrons. The number of nitrogens with one attached hydrogen (secondary N) is 1. The second-order valence-electron chi connectivity index (χ2n) is 3.52. The zero-order chi connectivity index (χ0) is 12.7. The molecule has 0 amide bonds. The summed E-state index contributed by atoms with van der Waals surface area (Å²) in [6.07, 6.45) is 3.84. The SMILES string of the molecule is C/C=C/COc1c(Cl)cc(CNC)cc1OC. The van der Waals surface area contributed by atoms with Gasteiger partial charge in [0.25, 0.3) is 0 Å². The van der Waals surface area contributed by atoms with Crippen LogP contribution in [0.5, 0.6) is 11.5 Å². The Kier molecular flexibility index (Phi) is 5.87. The summed E-state index contributed by atoms with van der Waals surface area (Å²) in [5.74, 6) is 1.25. The molecule has 0 atom stereocenters. The monoisotopic (exact) mass is 255 g/mol. The molecule has 0 heterocycles. The number of halogens is 1. The highest BCUT2D eigenvalue weighted by Crippen LogP contribution is 2.36. The Balaban J connectivity index is 2.94. The van der Waals surface area contributed by atoms with Crippen LogP contribution in [0, 0.1) is 0 Å². The quantitative estimate of drug-likeness (QED) is 0.793. The first-order valence-corrected chi connectivity index (χ1v) is 5.85. The van der Waals surface area contributed by atoms with E-state index < -0.39 is 0 Å². The fourth-order valence-corrected chi connectivity index (χ4v) is 1.73. The van der Waals surface area contributed by atoms with Crippen LogP contribution < -0.4 is 14.8 Å². The molecule has 0 spiro atoms. The van der Waals surface area contributed by atoms with Crippen LogP contribution in [0.4, 0.5) is 0 Å². The van der Waals surface area contributed by atoms with Gasteiger partial charge in [0.05, 0.1) is 12.1 Å². The second-order valence-corrected chi connectivity index (χ2v) is 3.93. The van der Waals surface area contributed by atoms with Crippen molar-refractivity contribution in [1.82, 2.24) is 5.32 Å². The summed E-state index contributed by atoms with van der Waals surface area (Å²) < 4.78 is 10.9. The minimum Gasteiger partial charge on any atom is -0.493 e. The number of benzene rings is 1. The largest absolute Gasteiger partial charge is 0.493 e. The smallest absolute Gasteiger partial charge is 0.180 e. The molecule has 0 aliphatic rings. The standard InChI is InChI=1S/C13H18ClNO2/c1-4-5-6-17-13-11(14)7-10(9-15-2)8-12(13)16-3/h4-5,7-8,15H,6,9H2,1-3H3/b5-4+. The highest BCUT2D eigenvalue weighted by atomic mass is 35.5. The number of allylic oxidation sites excluding steroid dienone is 1. The van der Waals surface area contributed by atoms with Gasteiger partial charge in [0.2, 0.25) is 0 Å². The number of ether oxygens (including phenoxy) is 2. The average molecular weight is 256 g/mol. The predicted molar refractivity (Wildman–Crippen MR) is 71.1 cm³/mol. The molecule has 3 nitrogen and oxygen atoms in total. The summed E-state index contributed by atoms with van der Waals surface area (Å²) in [6, 6.07) is 3.80. The van der Waals surface area contributed by atoms with Crippen LogP contribution in [-0.2, 0) is 6.54 Å². The summed E-state index contributed by atoms with van der Waals surface area (Å²) in [4.78, 5) is 0. The Hall–Kier alpha value is -1.19. The molecule has 17 heavy (non-hydrogen) atoms. The van der Waals surface area contributed by atoms with Gasteiger partial charge in [-0.15, -0.1) is 0 Å². The van der Waals surface area contributed by atoms with Gasteiger partial charge in [-0.25, -0.2) is 0 Å². The first-order chi connectivity index (χ1) is 8.22. The molecule has 0 radical (unpaired) electrons. The lowest BCUT2D eigenvalue weighted by molar-refractivity contribution is 0.326. The Morgan fingerprint density at radius 1 is 1.41 bits per heavy atom. The molecule has 0 aliphatic heterocycles. The van der Waals surface area contributed by atoms with Crippen molar-refractivity contribution >= 4 is 11.6 Å². The summed E-state index contributed by atoms with van der Waals surface area (Å²) in [5.41, 5.74) is 1.06. The number of hydrogen-bond acceptors (Lipinski definition) is 3. The second kappa shape index (κ2) is 7.20. The van der Waals surface area contributed by atoms with Crippen LogP contribution in [0.25, 0.3) is 0 Å². The maximum absolute atomic E-state index is 6.17. The van der Waals surface area contributed by atoms with Gasteiger partial charge < -0.3 is 14.8 Å². The van der Waals surface area contributed by atoms with E-state index in [1.807, 2.05) is 38.3 Å². The molecular formula is C13H18ClNO2. The van der Waals surface area contributed by atoms with E-state index in [-0.39, 0.29) is 0 Å². The van der Waals surface area contributed by atoms with E-state index in [4.69, 9.17) is 21.1 Å². The fourth-order valence-electron chi connectivity index (χ4n) is 1.45. The van der Waals surface area contributed by atoms with E-state index in [0.717, 1.165) is 12.1 Å². The van der Waals surface area contributed by atoms with Crippen molar-refractivity contribution in [3.63, 3.8) is 0 Å². The van der Waals surface area contributed by atoms with E-state index in [9.17, 15) is 0 Å². The molecule has 1 aromatic carbocycles. The van der Waals surface area contributed by atoms with Crippen molar-refractivity contribution in [1.29, 1.82) is 0 Å². The number of rotatable bonds is 6. The molecule has 0 saturated carbocycles. The first kappa shape index (κ1) is 13.9. The van der Waals surface area contributed by atoms with Crippen LogP contribution in [-0.4, -0.2) is 20.8 Å². The Bertz CT molecular complexity index is 391. The molecule has 0 aromatic heterocycles. The Morgan fingerprint density at radius 3 is 2.76 bits per heavy atom. The van der Waals surface area contributed by atoms with E-state index in [0.29, 0.717) is 23.1 Å². The summed E-state index contributed by atoms with van der Waals surface area (Å²) in [5, 5.41) is 3.64. The molecule has 0 saturated heterocycles. The van der Waals surface area contributed by atoms with Crippen LogP contribution in [0.3, 0.4) is 0 Å². The summed E-state index contributed by atoms with van der Waals surface area (Å²) >= 11 is 6.17. The summed E-state index contributed by atoms with van der Waals surface area (Å²) in [6.45, 7) is 3.17. The van der Waals surface area contributed by atoms with Gasteiger partial charge >= 0.3 is 0 Å². The van der Waals surface area contributed by atoms with E-state index >= 15 is 0 Å². The van der Waals surface area contributed by atoms with Crippen LogP contribution >= 0.6 is 11.6 Å². The predicted octanol–water partition coefficient (Wildman–Crippen LogP) is 3.02. The molecular weight excluding hydrogens is 238 g/mol. The Labute approximate surface area is 107 Å². The molecule has 1 rings (SSSR count). The minimum atomic E-state index is 0.484. The lowest BCUT2D eigenvalue weighted by atomic mass is 10.2. The zero-order valence-corrected chi connectivity index (χ0v) is 11.2. The van der Waals surface area contributed by atoms with Crippen molar-refractivity contribution in [2.45, 2.75) is 13.5 Å². The third-order valence-electron chi connectivity index (χ3n) is 2.23. The van der Waals surface area contributed by atoms with Crippen LogP contribution in [0.2, 0.25) is 5.02 Å². The third kappa shape index (κ3) is 3.95. The summed E-state index contributed by atoms with van der Waals surface area (Å²) in [7, 11) is 3.49. The van der Waals surface area contributed by atoms with Crippen molar-refractivity contribution in [3.05, 3.63) is 34.9 Å². The molecule has 0 unspecified atom stereocenters. The van der Waals surface area contributed by atoms with Crippen LogP contribution in [0.1, 0.15) is 12.5 Å². The topological polar surface area (TPSA) is 30.5 Å². The first-order valence-electron chi connectivity index (χ1n) is 5.47. The zero-order valence-electron chi connectivity index (χ0n) is 10.4. The fraction of sp³-hybridized carbons (Fsp3) is 0.385. The van der Waals surface area contributed by atoms with Gasteiger partial charge in [-0.1, -0.05) is 23.8 Å². The highest BCUT2D eigenvalue weighted by Gasteiger charge is 2.11. The van der Waals surface area contributed by atoms with Gasteiger partial charge in [-0.2, -0.15) is 0 Å². The lowest BCUT2D eigenvalue weighted by Gasteiger charge is -2.13. The normalized spacial score (nSPS) is 10.8. The third-order valence-corrected chi connectivity index (χ3v) is 2.51.